The molecule has 126 valence electrons. The number of phenols is 1. The van der Waals surface area contributed by atoms with Gasteiger partial charge in [-0.3, -0.25) is 0 Å². The van der Waals surface area contributed by atoms with E-state index in [-0.39, 0.29) is 5.75 Å². The van der Waals surface area contributed by atoms with Gasteiger partial charge in [0.15, 0.2) is 17.5 Å². The second-order valence-electron chi connectivity index (χ2n) is 5.70. The van der Waals surface area contributed by atoms with Gasteiger partial charge in [0.25, 0.3) is 0 Å². The second-order valence-corrected chi connectivity index (χ2v) is 6.95. The van der Waals surface area contributed by atoms with E-state index in [1.807, 2.05) is 72.8 Å². The average Bonchev–Trinajstić information content (AvgIpc) is 2.69. The molecule has 4 aromatic rings. The highest BCUT2D eigenvalue weighted by molar-refractivity contribution is 14.1. The number of phenolic OH excluding ortho intramolecular Hbond substituents is 1. The van der Waals surface area contributed by atoms with Crippen molar-refractivity contribution in [2.75, 3.05) is 0 Å². The highest BCUT2D eigenvalue weighted by atomic mass is 127. The van der Waals surface area contributed by atoms with Crippen molar-refractivity contribution in [3.05, 3.63) is 82.4 Å². The van der Waals surface area contributed by atoms with E-state index >= 15 is 0 Å². The van der Waals surface area contributed by atoms with Gasteiger partial charge in [-0.15, -0.1) is 0 Å². The first-order chi connectivity index (χ1) is 12.7. The van der Waals surface area contributed by atoms with Crippen molar-refractivity contribution in [2.24, 2.45) is 0 Å². The number of aromatic hydroxyl groups is 1. The lowest BCUT2D eigenvalue weighted by Crippen LogP contribution is -2.00. The minimum atomic E-state index is 0.154. The molecule has 0 aliphatic carbocycles. The normalized spacial score (nSPS) is 10.7. The summed E-state index contributed by atoms with van der Waals surface area (Å²) in [7, 11) is 0. The first kappa shape index (κ1) is 16.7. The van der Waals surface area contributed by atoms with Crippen LogP contribution in [0.15, 0.2) is 78.9 Å². The Balaban J connectivity index is 1.94. The van der Waals surface area contributed by atoms with Crippen LogP contribution in [-0.4, -0.2) is 20.1 Å². The lowest BCUT2D eigenvalue weighted by molar-refractivity contribution is 0.476. The fraction of sp³-hybridized carbons (Fsp3) is 0. The molecule has 0 fully saturated rings. The monoisotopic (exact) mass is 451 g/mol. The highest BCUT2D eigenvalue weighted by Gasteiger charge is 2.14. The molecular formula is C21H14IN3O. The van der Waals surface area contributed by atoms with Crippen molar-refractivity contribution in [3.63, 3.8) is 0 Å². The van der Waals surface area contributed by atoms with Gasteiger partial charge in [-0.05, 0) is 40.8 Å². The molecule has 0 radical (unpaired) electrons. The Morgan fingerprint density at radius 1 is 0.615 bits per heavy atom. The number of aromatic nitrogens is 3. The summed E-state index contributed by atoms with van der Waals surface area (Å²) in [5.41, 5.74) is 2.39. The largest absolute Gasteiger partial charge is 0.507 e. The molecule has 26 heavy (non-hydrogen) atoms. The summed E-state index contributed by atoms with van der Waals surface area (Å²) < 4.78 is 0.949. The van der Waals surface area contributed by atoms with Gasteiger partial charge in [0.05, 0.1) is 5.56 Å². The van der Waals surface area contributed by atoms with Gasteiger partial charge in [0, 0.05) is 14.7 Å². The van der Waals surface area contributed by atoms with Crippen molar-refractivity contribution in [3.8, 4) is 39.9 Å². The molecular weight excluding hydrogens is 437 g/mol. The summed E-state index contributed by atoms with van der Waals surface area (Å²) in [6, 6.07) is 25.0. The molecule has 1 heterocycles. The predicted molar refractivity (Wildman–Crippen MR) is 111 cm³/mol. The van der Waals surface area contributed by atoms with Crippen LogP contribution >= 0.6 is 22.6 Å². The Bertz CT molecular complexity index is 996. The summed E-state index contributed by atoms with van der Waals surface area (Å²) >= 11 is 2.16. The Labute approximate surface area is 164 Å². The van der Waals surface area contributed by atoms with E-state index in [4.69, 9.17) is 0 Å². The number of rotatable bonds is 3. The standard InChI is InChI=1S/C21H14IN3O/c22-16-11-12-17(18(26)13-16)21-24-19(14-7-3-1-4-8-14)23-20(25-21)15-9-5-2-6-10-15/h1-13,26H. The average molecular weight is 451 g/mol. The molecule has 0 aliphatic heterocycles. The molecule has 3 aromatic carbocycles. The van der Waals surface area contributed by atoms with Crippen LogP contribution in [0.2, 0.25) is 0 Å². The van der Waals surface area contributed by atoms with E-state index in [0.717, 1.165) is 14.7 Å². The Kier molecular flexibility index (Phi) is 4.62. The van der Waals surface area contributed by atoms with Crippen molar-refractivity contribution in [1.82, 2.24) is 15.0 Å². The van der Waals surface area contributed by atoms with E-state index in [0.29, 0.717) is 23.0 Å². The lowest BCUT2D eigenvalue weighted by Gasteiger charge is -2.09. The Morgan fingerprint density at radius 2 is 1.12 bits per heavy atom. The van der Waals surface area contributed by atoms with E-state index in [1.54, 1.807) is 6.07 Å². The van der Waals surface area contributed by atoms with Crippen LogP contribution in [-0.2, 0) is 0 Å². The van der Waals surface area contributed by atoms with Gasteiger partial charge in [-0.1, -0.05) is 60.7 Å². The third-order valence-corrected chi connectivity index (χ3v) is 4.57. The maximum Gasteiger partial charge on any atom is 0.167 e. The molecule has 0 saturated heterocycles. The SMILES string of the molecule is Oc1cc(I)ccc1-c1nc(-c2ccccc2)nc(-c2ccccc2)n1. The molecule has 0 saturated carbocycles. The number of hydrogen-bond acceptors (Lipinski definition) is 4. The molecule has 0 atom stereocenters. The number of halogens is 1. The molecule has 0 spiro atoms. The Morgan fingerprint density at radius 3 is 1.62 bits per heavy atom. The lowest BCUT2D eigenvalue weighted by atomic mass is 10.1. The van der Waals surface area contributed by atoms with Crippen molar-refractivity contribution in [2.45, 2.75) is 0 Å². The minimum Gasteiger partial charge on any atom is -0.507 e. The van der Waals surface area contributed by atoms with Crippen LogP contribution in [0.3, 0.4) is 0 Å². The van der Waals surface area contributed by atoms with Crippen molar-refractivity contribution >= 4 is 22.6 Å². The molecule has 0 amide bonds. The van der Waals surface area contributed by atoms with E-state index < -0.39 is 0 Å². The van der Waals surface area contributed by atoms with Crippen LogP contribution in [0.1, 0.15) is 0 Å². The summed E-state index contributed by atoms with van der Waals surface area (Å²) in [6.45, 7) is 0. The van der Waals surface area contributed by atoms with Crippen LogP contribution in [0.4, 0.5) is 0 Å². The zero-order valence-electron chi connectivity index (χ0n) is 13.7. The van der Waals surface area contributed by atoms with Gasteiger partial charge in [-0.2, -0.15) is 0 Å². The summed E-state index contributed by atoms with van der Waals surface area (Å²) in [6.07, 6.45) is 0. The van der Waals surface area contributed by atoms with Crippen LogP contribution in [0.25, 0.3) is 34.2 Å². The Hall–Kier alpha value is -2.80. The van der Waals surface area contributed by atoms with E-state index in [9.17, 15) is 5.11 Å². The summed E-state index contributed by atoms with van der Waals surface area (Å²) in [5.74, 6) is 1.76. The van der Waals surface area contributed by atoms with Gasteiger partial charge in [-0.25, -0.2) is 15.0 Å². The zero-order chi connectivity index (χ0) is 17.9. The quantitative estimate of drug-likeness (QED) is 0.436. The molecule has 4 nitrogen and oxygen atoms in total. The first-order valence-electron chi connectivity index (χ1n) is 8.06. The number of hydrogen-bond donors (Lipinski definition) is 1. The molecule has 0 unspecified atom stereocenters. The fourth-order valence-corrected chi connectivity index (χ4v) is 3.10. The zero-order valence-corrected chi connectivity index (χ0v) is 15.8. The van der Waals surface area contributed by atoms with Gasteiger partial charge >= 0.3 is 0 Å². The van der Waals surface area contributed by atoms with Crippen LogP contribution < -0.4 is 0 Å². The summed E-state index contributed by atoms with van der Waals surface area (Å²) in [4.78, 5) is 13.9. The van der Waals surface area contributed by atoms with E-state index in [1.165, 1.54) is 0 Å². The van der Waals surface area contributed by atoms with Gasteiger partial charge in [0.2, 0.25) is 0 Å². The third-order valence-electron chi connectivity index (χ3n) is 3.90. The highest BCUT2D eigenvalue weighted by Crippen LogP contribution is 2.30. The molecule has 1 aromatic heterocycles. The predicted octanol–water partition coefficient (Wildman–Crippen LogP) is 5.18. The molecule has 0 bridgehead atoms. The maximum atomic E-state index is 10.4. The number of nitrogens with zero attached hydrogens (tertiary/aromatic N) is 3. The van der Waals surface area contributed by atoms with Gasteiger partial charge < -0.3 is 5.11 Å². The smallest absolute Gasteiger partial charge is 0.167 e. The number of benzene rings is 3. The van der Waals surface area contributed by atoms with Crippen molar-refractivity contribution in [1.29, 1.82) is 0 Å². The van der Waals surface area contributed by atoms with Crippen LogP contribution in [0, 0.1) is 3.57 Å². The molecule has 1 N–H and O–H groups in total. The topological polar surface area (TPSA) is 58.9 Å². The second kappa shape index (κ2) is 7.21. The molecule has 5 heteroatoms. The maximum absolute atomic E-state index is 10.4. The van der Waals surface area contributed by atoms with Crippen LogP contribution in [0.5, 0.6) is 5.75 Å². The van der Waals surface area contributed by atoms with Crippen molar-refractivity contribution < 1.29 is 5.11 Å². The molecule has 0 aliphatic rings. The summed E-state index contributed by atoms with van der Waals surface area (Å²) in [5, 5.41) is 10.4. The van der Waals surface area contributed by atoms with Gasteiger partial charge in [0.1, 0.15) is 5.75 Å². The minimum absolute atomic E-state index is 0.154. The molecule has 4 rings (SSSR count). The third kappa shape index (κ3) is 3.43. The van der Waals surface area contributed by atoms with E-state index in [2.05, 4.69) is 37.5 Å². The first-order valence-corrected chi connectivity index (χ1v) is 9.14. The fourth-order valence-electron chi connectivity index (χ4n) is 2.62.